The topological polar surface area (TPSA) is 55.8 Å². The molecule has 0 rings (SSSR count). The van der Waals surface area contributed by atoms with Gasteiger partial charge < -0.3 is 14.4 Å². The van der Waals surface area contributed by atoms with Crippen LogP contribution < -0.4 is 0 Å². The average molecular weight is 442 g/mol. The second-order valence-electron chi connectivity index (χ2n) is 9.37. The first-order valence-electron chi connectivity index (χ1n) is 12.9. The lowest BCUT2D eigenvalue weighted by molar-refractivity contribution is -0.148. The summed E-state index contributed by atoms with van der Waals surface area (Å²) in [7, 11) is 3.97. The summed E-state index contributed by atoms with van der Waals surface area (Å²) < 4.78 is 10.6. The number of hydrogen-bond acceptors (Lipinski definition) is 5. The van der Waals surface area contributed by atoms with Gasteiger partial charge in [-0.3, -0.25) is 9.59 Å². The first-order chi connectivity index (χ1) is 15.0. The SMILES string of the molecule is CCCCCCCCCCCCCCCC(=O)OC[C@H](C)COC(=O)CCCN(C)C. The molecule has 0 aromatic carbocycles. The van der Waals surface area contributed by atoms with Crippen LogP contribution in [0.2, 0.25) is 0 Å². The number of carbonyl (C=O) groups is 2. The fourth-order valence-electron chi connectivity index (χ4n) is 3.49. The highest BCUT2D eigenvalue weighted by Crippen LogP contribution is 2.13. The number of ether oxygens (including phenoxy) is 2. The van der Waals surface area contributed by atoms with E-state index in [1.165, 1.54) is 70.6 Å². The Morgan fingerprint density at radius 3 is 1.45 bits per heavy atom. The molecule has 0 N–H and O–H groups in total. The molecule has 0 saturated heterocycles. The maximum absolute atomic E-state index is 11.9. The minimum atomic E-state index is -0.174. The lowest BCUT2D eigenvalue weighted by Gasteiger charge is -2.13. The Balaban J connectivity index is 3.41. The van der Waals surface area contributed by atoms with Gasteiger partial charge in [0.1, 0.15) is 0 Å². The summed E-state index contributed by atoms with van der Waals surface area (Å²) in [6.45, 7) is 5.71. The smallest absolute Gasteiger partial charge is 0.305 e. The van der Waals surface area contributed by atoms with E-state index in [1.54, 1.807) is 0 Å². The predicted octanol–water partition coefficient (Wildman–Crippen LogP) is 6.53. The van der Waals surface area contributed by atoms with Gasteiger partial charge in [0, 0.05) is 18.8 Å². The zero-order valence-corrected chi connectivity index (χ0v) is 21.1. The van der Waals surface area contributed by atoms with Crippen LogP contribution in [0.4, 0.5) is 0 Å². The van der Waals surface area contributed by atoms with Crippen molar-refractivity contribution >= 4 is 11.9 Å². The monoisotopic (exact) mass is 441 g/mol. The summed E-state index contributed by atoms with van der Waals surface area (Å²) in [5, 5.41) is 0. The van der Waals surface area contributed by atoms with Crippen molar-refractivity contribution in [2.45, 2.75) is 117 Å². The Morgan fingerprint density at radius 1 is 0.645 bits per heavy atom. The third kappa shape index (κ3) is 23.4. The van der Waals surface area contributed by atoms with Crippen LogP contribution in [0, 0.1) is 5.92 Å². The van der Waals surface area contributed by atoms with Crippen LogP contribution in [-0.2, 0) is 19.1 Å². The second kappa shape index (κ2) is 22.1. The molecule has 0 aromatic rings. The molecule has 0 bridgehead atoms. The van der Waals surface area contributed by atoms with Crippen LogP contribution in [0.25, 0.3) is 0 Å². The Labute approximate surface area is 192 Å². The number of rotatable bonds is 22. The lowest BCUT2D eigenvalue weighted by Crippen LogP contribution is -2.19. The van der Waals surface area contributed by atoms with E-state index in [0.717, 1.165) is 25.8 Å². The molecule has 0 amide bonds. The van der Waals surface area contributed by atoms with E-state index in [0.29, 0.717) is 26.1 Å². The van der Waals surface area contributed by atoms with Crippen molar-refractivity contribution in [3.05, 3.63) is 0 Å². The summed E-state index contributed by atoms with van der Waals surface area (Å²) in [5.74, 6) is -0.271. The molecule has 1 atom stereocenters. The summed E-state index contributed by atoms with van der Waals surface area (Å²) >= 11 is 0. The Bertz CT molecular complexity index is 426. The van der Waals surface area contributed by atoms with Gasteiger partial charge in [0.2, 0.25) is 0 Å². The third-order valence-electron chi connectivity index (χ3n) is 5.53. The number of hydrogen-bond donors (Lipinski definition) is 0. The average Bonchev–Trinajstić information content (AvgIpc) is 2.73. The normalized spacial score (nSPS) is 12.2. The molecule has 31 heavy (non-hydrogen) atoms. The molecule has 0 unspecified atom stereocenters. The van der Waals surface area contributed by atoms with Crippen molar-refractivity contribution in [2.24, 2.45) is 5.92 Å². The van der Waals surface area contributed by atoms with E-state index in [2.05, 4.69) is 6.92 Å². The van der Waals surface area contributed by atoms with Gasteiger partial charge in [0.25, 0.3) is 0 Å². The largest absolute Gasteiger partial charge is 0.465 e. The number of nitrogens with zero attached hydrogens (tertiary/aromatic N) is 1. The van der Waals surface area contributed by atoms with Gasteiger partial charge in [-0.25, -0.2) is 0 Å². The molecule has 5 heteroatoms. The highest BCUT2D eigenvalue weighted by atomic mass is 16.5. The second-order valence-corrected chi connectivity index (χ2v) is 9.37. The Hall–Kier alpha value is -1.10. The van der Waals surface area contributed by atoms with Gasteiger partial charge in [-0.15, -0.1) is 0 Å². The van der Waals surface area contributed by atoms with Crippen molar-refractivity contribution in [3.63, 3.8) is 0 Å². The predicted molar refractivity (Wildman–Crippen MR) is 129 cm³/mol. The van der Waals surface area contributed by atoms with Gasteiger partial charge in [-0.05, 0) is 33.5 Å². The minimum absolute atomic E-state index is 0.0355. The van der Waals surface area contributed by atoms with Gasteiger partial charge in [0.15, 0.2) is 0 Å². The molecule has 0 aliphatic rings. The van der Waals surface area contributed by atoms with Crippen LogP contribution in [0.3, 0.4) is 0 Å². The molecule has 0 spiro atoms. The van der Waals surface area contributed by atoms with E-state index in [-0.39, 0.29) is 17.9 Å². The van der Waals surface area contributed by atoms with Gasteiger partial charge in [-0.2, -0.15) is 0 Å². The molecule has 0 radical (unpaired) electrons. The first-order valence-corrected chi connectivity index (χ1v) is 12.9. The van der Waals surface area contributed by atoms with Crippen molar-refractivity contribution in [3.8, 4) is 0 Å². The summed E-state index contributed by atoms with van der Waals surface area (Å²) in [6, 6.07) is 0. The van der Waals surface area contributed by atoms with E-state index in [9.17, 15) is 9.59 Å². The van der Waals surface area contributed by atoms with Crippen molar-refractivity contribution < 1.29 is 19.1 Å². The molecule has 0 fully saturated rings. The Kier molecular flexibility index (Phi) is 21.3. The van der Waals surface area contributed by atoms with Gasteiger partial charge >= 0.3 is 11.9 Å². The number of carbonyl (C=O) groups excluding carboxylic acids is 2. The van der Waals surface area contributed by atoms with Gasteiger partial charge in [0.05, 0.1) is 13.2 Å². The summed E-state index contributed by atoms with van der Waals surface area (Å²) in [5.41, 5.74) is 0. The van der Waals surface area contributed by atoms with Crippen LogP contribution in [0.15, 0.2) is 0 Å². The molecule has 0 saturated carbocycles. The lowest BCUT2D eigenvalue weighted by atomic mass is 10.0. The van der Waals surface area contributed by atoms with Crippen LogP contribution >= 0.6 is 0 Å². The van der Waals surface area contributed by atoms with Crippen molar-refractivity contribution in [1.82, 2.24) is 4.90 Å². The molecule has 0 heterocycles. The summed E-state index contributed by atoms with van der Waals surface area (Å²) in [4.78, 5) is 25.6. The number of unbranched alkanes of at least 4 members (excludes halogenated alkanes) is 12. The third-order valence-corrected chi connectivity index (χ3v) is 5.53. The van der Waals surface area contributed by atoms with Crippen LogP contribution in [0.1, 0.15) is 117 Å². The summed E-state index contributed by atoms with van der Waals surface area (Å²) in [6.07, 6.45) is 18.6. The minimum Gasteiger partial charge on any atom is -0.465 e. The fourth-order valence-corrected chi connectivity index (χ4v) is 3.49. The quantitative estimate of drug-likeness (QED) is 0.141. The van der Waals surface area contributed by atoms with E-state index in [1.807, 2.05) is 25.9 Å². The molecular weight excluding hydrogens is 390 g/mol. The van der Waals surface area contributed by atoms with Gasteiger partial charge in [-0.1, -0.05) is 90.9 Å². The van der Waals surface area contributed by atoms with Crippen molar-refractivity contribution in [1.29, 1.82) is 0 Å². The highest BCUT2D eigenvalue weighted by molar-refractivity contribution is 5.69. The standard InChI is InChI=1S/C26H51NO4/c1-5-6-7-8-9-10-11-12-13-14-15-16-17-19-25(28)30-22-24(2)23-31-26(29)20-18-21-27(3)4/h24H,5-23H2,1-4H3/t24-/m0/s1. The zero-order chi connectivity index (χ0) is 23.2. The van der Waals surface area contributed by atoms with Crippen LogP contribution in [0.5, 0.6) is 0 Å². The maximum Gasteiger partial charge on any atom is 0.305 e. The number of esters is 2. The molecule has 5 nitrogen and oxygen atoms in total. The van der Waals surface area contributed by atoms with Crippen molar-refractivity contribution in [2.75, 3.05) is 33.9 Å². The van der Waals surface area contributed by atoms with E-state index in [4.69, 9.17) is 9.47 Å². The Morgan fingerprint density at radius 2 is 1.03 bits per heavy atom. The maximum atomic E-state index is 11.9. The molecule has 0 aliphatic heterocycles. The zero-order valence-electron chi connectivity index (χ0n) is 21.1. The van der Waals surface area contributed by atoms with E-state index >= 15 is 0 Å². The molecule has 0 aromatic heterocycles. The molecular formula is C26H51NO4. The molecule has 184 valence electrons. The molecule has 0 aliphatic carbocycles. The van der Waals surface area contributed by atoms with E-state index < -0.39 is 0 Å². The first kappa shape index (κ1) is 29.9. The van der Waals surface area contributed by atoms with Crippen LogP contribution in [-0.4, -0.2) is 50.7 Å². The fraction of sp³-hybridized carbons (Fsp3) is 0.923. The highest BCUT2D eigenvalue weighted by Gasteiger charge is 2.10.